The van der Waals surface area contributed by atoms with E-state index < -0.39 is 0 Å². The average Bonchev–Trinajstić information content (AvgIpc) is 3.10. The average molecular weight is 364 g/mol. The Morgan fingerprint density at radius 3 is 2.70 bits per heavy atom. The van der Waals surface area contributed by atoms with Gasteiger partial charge >= 0.3 is 0 Å². The first-order valence-corrected chi connectivity index (χ1v) is 9.22. The normalized spacial score (nSPS) is 14.9. The van der Waals surface area contributed by atoms with Crippen LogP contribution in [-0.4, -0.2) is 36.4 Å². The third-order valence-corrected chi connectivity index (χ3v) is 4.81. The van der Waals surface area contributed by atoms with Gasteiger partial charge in [0.2, 0.25) is 0 Å². The van der Waals surface area contributed by atoms with Gasteiger partial charge in [0.15, 0.2) is 0 Å². The first kappa shape index (κ1) is 17.6. The van der Waals surface area contributed by atoms with Crippen molar-refractivity contribution < 1.29 is 0 Å². The molecule has 7 heteroatoms. The van der Waals surface area contributed by atoms with Gasteiger partial charge in [-0.05, 0) is 12.1 Å². The molecule has 3 heterocycles. The second-order valence-electron chi connectivity index (χ2n) is 8.04. The van der Waals surface area contributed by atoms with Crippen LogP contribution in [0.2, 0.25) is 0 Å². The Kier molecular flexibility index (Phi) is 4.39. The highest BCUT2D eigenvalue weighted by molar-refractivity contribution is 5.30. The maximum atomic E-state index is 12.6. The van der Waals surface area contributed by atoms with Crippen LogP contribution in [-0.2, 0) is 24.9 Å². The first-order valence-electron chi connectivity index (χ1n) is 9.22. The molecule has 1 aliphatic heterocycles. The largest absolute Gasteiger partial charge is 0.310 e. The van der Waals surface area contributed by atoms with E-state index in [-0.39, 0.29) is 11.0 Å². The summed E-state index contributed by atoms with van der Waals surface area (Å²) in [5.41, 5.74) is 3.37. The van der Waals surface area contributed by atoms with E-state index in [1.807, 2.05) is 36.5 Å². The molecule has 0 atom stereocenters. The van der Waals surface area contributed by atoms with Crippen LogP contribution >= 0.6 is 0 Å². The fourth-order valence-corrected chi connectivity index (χ4v) is 3.28. The summed E-state index contributed by atoms with van der Waals surface area (Å²) in [7, 11) is 0. The number of rotatable bonds is 3. The van der Waals surface area contributed by atoms with Crippen LogP contribution in [0.15, 0.2) is 41.3 Å². The minimum atomic E-state index is -0.165. The third kappa shape index (κ3) is 3.68. The SMILES string of the molecule is CC(C)(C)c1nc2c(c(=O)[nH]1)CN(Cc1cn(-c3ccccc3)nn1)CC2. The molecule has 0 bridgehead atoms. The summed E-state index contributed by atoms with van der Waals surface area (Å²) in [5.74, 6) is 0.755. The van der Waals surface area contributed by atoms with Crippen LogP contribution in [0.25, 0.3) is 5.69 Å². The molecule has 0 fully saturated rings. The van der Waals surface area contributed by atoms with Crippen LogP contribution in [0.4, 0.5) is 0 Å². The lowest BCUT2D eigenvalue weighted by molar-refractivity contribution is 0.238. The summed E-state index contributed by atoms with van der Waals surface area (Å²) in [6.45, 7) is 8.27. The summed E-state index contributed by atoms with van der Waals surface area (Å²) in [4.78, 5) is 22.5. The monoisotopic (exact) mass is 364 g/mol. The second kappa shape index (κ2) is 6.74. The molecule has 7 nitrogen and oxygen atoms in total. The van der Waals surface area contributed by atoms with Gasteiger partial charge in [-0.25, -0.2) is 9.67 Å². The third-order valence-electron chi connectivity index (χ3n) is 4.81. The lowest BCUT2D eigenvalue weighted by Gasteiger charge is -2.28. The summed E-state index contributed by atoms with van der Waals surface area (Å²) in [5, 5.41) is 8.49. The molecular weight excluding hydrogens is 340 g/mol. The number of fused-ring (bicyclic) bond motifs is 1. The van der Waals surface area contributed by atoms with Crippen LogP contribution in [0.1, 0.15) is 43.5 Å². The molecule has 0 aliphatic carbocycles. The molecule has 0 saturated heterocycles. The second-order valence-corrected chi connectivity index (χ2v) is 8.04. The summed E-state index contributed by atoms with van der Waals surface area (Å²) >= 11 is 0. The van der Waals surface area contributed by atoms with Gasteiger partial charge < -0.3 is 4.98 Å². The number of hydrogen-bond acceptors (Lipinski definition) is 5. The highest BCUT2D eigenvalue weighted by atomic mass is 16.1. The molecule has 27 heavy (non-hydrogen) atoms. The molecule has 0 amide bonds. The van der Waals surface area contributed by atoms with Gasteiger partial charge in [-0.15, -0.1) is 5.10 Å². The number of para-hydroxylation sites is 1. The zero-order valence-electron chi connectivity index (χ0n) is 15.9. The van der Waals surface area contributed by atoms with E-state index in [0.29, 0.717) is 13.1 Å². The van der Waals surface area contributed by atoms with Crippen LogP contribution in [0.5, 0.6) is 0 Å². The molecule has 4 rings (SSSR count). The molecule has 2 aromatic heterocycles. The van der Waals surface area contributed by atoms with Crippen molar-refractivity contribution in [2.24, 2.45) is 0 Å². The summed E-state index contributed by atoms with van der Waals surface area (Å²) in [6, 6.07) is 9.91. The molecular formula is C20H24N6O. The van der Waals surface area contributed by atoms with Gasteiger partial charge in [-0.2, -0.15) is 0 Å². The predicted molar refractivity (Wildman–Crippen MR) is 103 cm³/mol. The highest BCUT2D eigenvalue weighted by Gasteiger charge is 2.25. The molecule has 0 radical (unpaired) electrons. The van der Waals surface area contributed by atoms with Gasteiger partial charge in [0.05, 0.1) is 28.8 Å². The van der Waals surface area contributed by atoms with Crippen LogP contribution < -0.4 is 5.56 Å². The van der Waals surface area contributed by atoms with Gasteiger partial charge in [0.1, 0.15) is 5.82 Å². The van der Waals surface area contributed by atoms with E-state index in [2.05, 4.69) is 41.0 Å². The summed E-state index contributed by atoms with van der Waals surface area (Å²) in [6.07, 6.45) is 2.71. The van der Waals surface area contributed by atoms with E-state index in [1.54, 1.807) is 4.68 Å². The fraction of sp³-hybridized carbons (Fsp3) is 0.400. The number of hydrogen-bond donors (Lipinski definition) is 1. The molecule has 1 aliphatic rings. The fourth-order valence-electron chi connectivity index (χ4n) is 3.28. The van der Waals surface area contributed by atoms with E-state index in [9.17, 15) is 4.79 Å². The van der Waals surface area contributed by atoms with Gasteiger partial charge in [-0.3, -0.25) is 9.69 Å². The van der Waals surface area contributed by atoms with E-state index in [1.165, 1.54) is 0 Å². The van der Waals surface area contributed by atoms with Gasteiger partial charge in [-0.1, -0.05) is 44.2 Å². The van der Waals surface area contributed by atoms with Crippen molar-refractivity contribution in [2.75, 3.05) is 6.54 Å². The van der Waals surface area contributed by atoms with Crippen molar-refractivity contribution in [1.29, 1.82) is 0 Å². The zero-order valence-corrected chi connectivity index (χ0v) is 15.9. The lowest BCUT2D eigenvalue weighted by atomic mass is 9.95. The lowest BCUT2D eigenvalue weighted by Crippen LogP contribution is -2.37. The Labute approximate surface area is 158 Å². The van der Waals surface area contributed by atoms with E-state index >= 15 is 0 Å². The van der Waals surface area contributed by atoms with Gasteiger partial charge in [0.25, 0.3) is 5.56 Å². The number of aromatic amines is 1. The molecule has 1 N–H and O–H groups in total. The van der Waals surface area contributed by atoms with Crippen molar-refractivity contribution in [1.82, 2.24) is 29.9 Å². The van der Waals surface area contributed by atoms with Crippen molar-refractivity contribution in [3.63, 3.8) is 0 Å². The summed E-state index contributed by atoms with van der Waals surface area (Å²) < 4.78 is 1.77. The van der Waals surface area contributed by atoms with Crippen molar-refractivity contribution in [3.05, 3.63) is 69.7 Å². The Balaban J connectivity index is 1.51. The molecule has 0 saturated carbocycles. The quantitative estimate of drug-likeness (QED) is 0.771. The molecule has 0 spiro atoms. The van der Waals surface area contributed by atoms with Crippen molar-refractivity contribution >= 4 is 0 Å². The van der Waals surface area contributed by atoms with E-state index in [4.69, 9.17) is 4.98 Å². The standard InChI is InChI=1S/C20H24N6O/c1-20(2,3)19-21-17-9-10-25(13-16(17)18(27)22-19)11-14-12-26(24-23-14)15-7-5-4-6-8-15/h4-8,12H,9-11,13H2,1-3H3,(H,21,22,27). The molecule has 1 aromatic carbocycles. The Hall–Kier alpha value is -2.80. The molecule has 140 valence electrons. The molecule has 0 unspecified atom stereocenters. The van der Waals surface area contributed by atoms with Gasteiger partial charge in [0, 0.05) is 31.5 Å². The van der Waals surface area contributed by atoms with Crippen molar-refractivity contribution in [2.45, 2.75) is 45.7 Å². The topological polar surface area (TPSA) is 79.7 Å². The maximum absolute atomic E-state index is 12.6. The number of nitrogens with zero attached hydrogens (tertiary/aromatic N) is 5. The maximum Gasteiger partial charge on any atom is 0.255 e. The van der Waals surface area contributed by atoms with Crippen LogP contribution in [0, 0.1) is 0 Å². The Morgan fingerprint density at radius 2 is 1.96 bits per heavy atom. The minimum Gasteiger partial charge on any atom is -0.310 e. The van der Waals surface area contributed by atoms with E-state index in [0.717, 1.165) is 41.4 Å². The Morgan fingerprint density at radius 1 is 1.19 bits per heavy atom. The smallest absolute Gasteiger partial charge is 0.255 e. The highest BCUT2D eigenvalue weighted by Crippen LogP contribution is 2.21. The van der Waals surface area contributed by atoms with Crippen molar-refractivity contribution in [3.8, 4) is 5.69 Å². The minimum absolute atomic E-state index is 0.0254. The van der Waals surface area contributed by atoms with Crippen LogP contribution in [0.3, 0.4) is 0 Å². The molecule has 3 aromatic rings. The number of aromatic nitrogens is 5. The Bertz CT molecular complexity index is 999. The zero-order chi connectivity index (χ0) is 19.0. The number of H-pyrrole nitrogens is 1. The number of benzene rings is 1. The first-order chi connectivity index (χ1) is 12.9. The predicted octanol–water partition coefficient (Wildman–Crippen LogP) is 2.21. The number of nitrogens with one attached hydrogen (secondary N) is 1.